The first-order valence-electron chi connectivity index (χ1n) is 7.94. The maximum absolute atomic E-state index is 5.06. The summed E-state index contributed by atoms with van der Waals surface area (Å²) in [5, 5.41) is 3.46. The Hall–Kier alpha value is -0.650. The number of nitrogens with one attached hydrogen (secondary N) is 1. The first-order valence-corrected chi connectivity index (χ1v) is 9.10. The lowest BCUT2D eigenvalue weighted by Gasteiger charge is -2.24. The van der Waals surface area contributed by atoms with E-state index in [0.29, 0.717) is 5.92 Å². The van der Waals surface area contributed by atoms with Crippen LogP contribution in [-0.2, 0) is 23.3 Å². The molecule has 1 atom stereocenters. The van der Waals surface area contributed by atoms with Gasteiger partial charge in [0, 0.05) is 25.5 Å². The molecule has 0 spiro atoms. The summed E-state index contributed by atoms with van der Waals surface area (Å²) in [5.41, 5.74) is 2.63. The van der Waals surface area contributed by atoms with Gasteiger partial charge in [-0.15, -0.1) is 0 Å². The Labute approximate surface area is 132 Å². The van der Waals surface area contributed by atoms with Gasteiger partial charge in [-0.3, -0.25) is 0 Å². The zero-order chi connectivity index (χ0) is 14.9. The van der Waals surface area contributed by atoms with Crippen LogP contribution >= 0.6 is 11.8 Å². The second kappa shape index (κ2) is 9.38. The Balaban J connectivity index is 1.81. The third kappa shape index (κ3) is 5.57. The van der Waals surface area contributed by atoms with Crippen LogP contribution in [0.4, 0.5) is 0 Å². The van der Waals surface area contributed by atoms with Gasteiger partial charge in [-0.25, -0.2) is 9.97 Å². The van der Waals surface area contributed by atoms with Crippen molar-refractivity contribution in [3.8, 4) is 0 Å². The minimum Gasteiger partial charge on any atom is -0.383 e. The molecule has 0 saturated heterocycles. The molecule has 4 nitrogen and oxygen atoms in total. The van der Waals surface area contributed by atoms with E-state index in [-0.39, 0.29) is 0 Å². The van der Waals surface area contributed by atoms with Crippen molar-refractivity contribution in [2.24, 2.45) is 5.92 Å². The van der Waals surface area contributed by atoms with E-state index in [1.165, 1.54) is 29.9 Å². The maximum Gasteiger partial charge on any atom is 0.138 e. The summed E-state index contributed by atoms with van der Waals surface area (Å²) in [6.45, 7) is 4.99. The molecule has 1 N–H and O–H groups in total. The van der Waals surface area contributed by atoms with E-state index in [0.717, 1.165) is 44.1 Å². The number of aromatic nitrogens is 2. The molecule has 1 unspecified atom stereocenters. The number of fused-ring (bicyclic) bond motifs is 1. The molecule has 2 rings (SSSR count). The zero-order valence-corrected chi connectivity index (χ0v) is 14.0. The van der Waals surface area contributed by atoms with Crippen LogP contribution in [-0.4, -0.2) is 42.5 Å². The van der Waals surface area contributed by atoms with Crippen LogP contribution in [0.5, 0.6) is 0 Å². The molecular weight excluding hydrogens is 282 g/mol. The van der Waals surface area contributed by atoms with Crippen molar-refractivity contribution in [2.45, 2.75) is 38.4 Å². The lowest BCUT2D eigenvalue weighted by atomic mass is 9.87. The minimum absolute atomic E-state index is 0.707. The van der Waals surface area contributed by atoms with Gasteiger partial charge in [-0.05, 0) is 49.5 Å². The SMILES string of the molecule is CCCSCc1ncc2c(n1)CCC(CNCCOC)C2. The number of aryl methyl sites for hydroxylation is 1. The van der Waals surface area contributed by atoms with Crippen molar-refractivity contribution in [2.75, 3.05) is 32.6 Å². The molecule has 1 aromatic rings. The molecule has 0 aromatic carbocycles. The lowest BCUT2D eigenvalue weighted by molar-refractivity contribution is 0.197. The maximum atomic E-state index is 5.06. The van der Waals surface area contributed by atoms with Crippen molar-refractivity contribution in [3.05, 3.63) is 23.3 Å². The fourth-order valence-corrected chi connectivity index (χ4v) is 3.41. The number of hydrogen-bond acceptors (Lipinski definition) is 5. The van der Waals surface area contributed by atoms with Gasteiger partial charge in [-0.1, -0.05) is 6.92 Å². The number of rotatable bonds is 9. The van der Waals surface area contributed by atoms with E-state index in [2.05, 4.69) is 23.4 Å². The summed E-state index contributed by atoms with van der Waals surface area (Å²) in [6, 6.07) is 0. The molecule has 5 heteroatoms. The minimum atomic E-state index is 0.707. The molecule has 21 heavy (non-hydrogen) atoms. The van der Waals surface area contributed by atoms with Crippen molar-refractivity contribution >= 4 is 11.8 Å². The third-order valence-corrected chi connectivity index (χ3v) is 4.96. The molecule has 0 amide bonds. The molecule has 1 heterocycles. The lowest BCUT2D eigenvalue weighted by Crippen LogP contribution is -2.30. The highest BCUT2D eigenvalue weighted by Crippen LogP contribution is 2.24. The molecule has 0 saturated carbocycles. The van der Waals surface area contributed by atoms with Crippen molar-refractivity contribution < 1.29 is 4.74 Å². The number of thioether (sulfide) groups is 1. The Kier molecular flexibility index (Phi) is 7.47. The molecule has 1 aromatic heterocycles. The number of hydrogen-bond donors (Lipinski definition) is 1. The highest BCUT2D eigenvalue weighted by atomic mass is 32.2. The summed E-state index contributed by atoms with van der Waals surface area (Å²) in [6.07, 6.45) is 6.71. The Morgan fingerprint density at radius 3 is 3.19 bits per heavy atom. The molecular formula is C16H27N3OS. The summed E-state index contributed by atoms with van der Waals surface area (Å²) < 4.78 is 5.06. The van der Waals surface area contributed by atoms with Crippen molar-refractivity contribution in [1.82, 2.24) is 15.3 Å². The molecule has 0 fully saturated rings. The first-order chi connectivity index (χ1) is 10.3. The van der Waals surface area contributed by atoms with Crippen molar-refractivity contribution in [1.29, 1.82) is 0 Å². The van der Waals surface area contributed by atoms with Crippen LogP contribution in [0.25, 0.3) is 0 Å². The van der Waals surface area contributed by atoms with Crippen LogP contribution in [0.15, 0.2) is 6.20 Å². The summed E-state index contributed by atoms with van der Waals surface area (Å²) >= 11 is 1.93. The Bertz CT molecular complexity index is 428. The van der Waals surface area contributed by atoms with Crippen molar-refractivity contribution in [3.63, 3.8) is 0 Å². The second-order valence-corrected chi connectivity index (χ2v) is 6.72. The largest absolute Gasteiger partial charge is 0.383 e. The molecule has 0 aliphatic heterocycles. The fourth-order valence-electron chi connectivity index (χ4n) is 2.66. The average molecular weight is 309 g/mol. The Morgan fingerprint density at radius 1 is 1.48 bits per heavy atom. The second-order valence-electron chi connectivity index (χ2n) is 5.62. The quantitative estimate of drug-likeness (QED) is 0.710. The summed E-state index contributed by atoms with van der Waals surface area (Å²) in [5.74, 6) is 3.85. The van der Waals surface area contributed by atoms with Gasteiger partial charge in [0.05, 0.1) is 12.4 Å². The normalized spacial score (nSPS) is 17.7. The summed E-state index contributed by atoms with van der Waals surface area (Å²) in [7, 11) is 1.74. The molecule has 1 aliphatic rings. The topological polar surface area (TPSA) is 47.0 Å². The monoisotopic (exact) mass is 309 g/mol. The molecule has 118 valence electrons. The van der Waals surface area contributed by atoms with Crippen LogP contribution in [0.1, 0.15) is 36.8 Å². The predicted molar refractivity (Wildman–Crippen MR) is 88.7 cm³/mol. The molecule has 0 bridgehead atoms. The highest BCUT2D eigenvalue weighted by molar-refractivity contribution is 7.98. The number of nitrogens with zero attached hydrogens (tertiary/aromatic N) is 2. The average Bonchev–Trinajstić information content (AvgIpc) is 2.52. The number of ether oxygens (including phenoxy) is 1. The van der Waals surface area contributed by atoms with Crippen LogP contribution < -0.4 is 5.32 Å². The standard InChI is InChI=1S/C16H27N3OS/c1-3-8-21-12-16-18-11-14-9-13(4-5-15(14)19-16)10-17-6-7-20-2/h11,13,17H,3-10,12H2,1-2H3. The van der Waals surface area contributed by atoms with E-state index >= 15 is 0 Å². The third-order valence-electron chi connectivity index (χ3n) is 3.80. The number of methoxy groups -OCH3 is 1. The summed E-state index contributed by atoms with van der Waals surface area (Å²) in [4.78, 5) is 9.29. The van der Waals surface area contributed by atoms with Gasteiger partial charge in [0.25, 0.3) is 0 Å². The smallest absolute Gasteiger partial charge is 0.138 e. The Morgan fingerprint density at radius 2 is 2.38 bits per heavy atom. The fraction of sp³-hybridized carbons (Fsp3) is 0.750. The van der Waals surface area contributed by atoms with E-state index in [4.69, 9.17) is 9.72 Å². The van der Waals surface area contributed by atoms with Gasteiger partial charge >= 0.3 is 0 Å². The van der Waals surface area contributed by atoms with Crippen LogP contribution in [0.3, 0.4) is 0 Å². The highest BCUT2D eigenvalue weighted by Gasteiger charge is 2.20. The van der Waals surface area contributed by atoms with Gasteiger partial charge in [0.2, 0.25) is 0 Å². The first kappa shape index (κ1) is 16.7. The van der Waals surface area contributed by atoms with Crippen LogP contribution in [0.2, 0.25) is 0 Å². The van der Waals surface area contributed by atoms with Gasteiger partial charge in [0.1, 0.15) is 5.82 Å². The predicted octanol–water partition coefficient (Wildman–Crippen LogP) is 2.46. The van der Waals surface area contributed by atoms with E-state index in [1.54, 1.807) is 7.11 Å². The molecule has 1 aliphatic carbocycles. The van der Waals surface area contributed by atoms with Gasteiger partial charge in [0.15, 0.2) is 0 Å². The molecule has 0 radical (unpaired) electrons. The zero-order valence-electron chi connectivity index (χ0n) is 13.2. The van der Waals surface area contributed by atoms with Crippen LogP contribution in [0, 0.1) is 5.92 Å². The van der Waals surface area contributed by atoms with E-state index in [9.17, 15) is 0 Å². The van der Waals surface area contributed by atoms with E-state index < -0.39 is 0 Å². The van der Waals surface area contributed by atoms with E-state index in [1.807, 2.05) is 11.8 Å². The van der Waals surface area contributed by atoms with Gasteiger partial charge in [-0.2, -0.15) is 11.8 Å². The van der Waals surface area contributed by atoms with Gasteiger partial charge < -0.3 is 10.1 Å².